The Morgan fingerprint density at radius 2 is 0.323 bits per heavy atom. The maximum atomic E-state index is 2.10. The van der Waals surface area contributed by atoms with Gasteiger partial charge < -0.3 is 0 Å². The van der Waals surface area contributed by atoms with Crippen molar-refractivity contribution in [2.75, 3.05) is 0 Å². The Balaban J connectivity index is 0.000000360. The molecule has 0 bridgehead atoms. The van der Waals surface area contributed by atoms with Crippen LogP contribution in [0, 0.1) is 0 Å². The molecule has 0 aromatic carbocycles. The molecule has 0 saturated carbocycles. The molecule has 0 N–H and O–H groups in total. The average molecular weight is 536 g/mol. The van der Waals surface area contributed by atoms with Gasteiger partial charge in [0, 0.05) is 17.1 Å². The minimum Gasteiger partial charge on any atom is -0.0765 e. The minimum absolute atomic E-state index is 0. The zero-order valence-electron chi connectivity index (χ0n) is 17.0. The molecule has 158 valence electrons. The molecule has 0 aliphatic heterocycles. The average Bonchev–Trinajstić information content (AvgIpc) is 2.91. The van der Waals surface area contributed by atoms with Crippen LogP contribution in [0.5, 0.6) is 0 Å². The molecule has 5 heterocycles. The van der Waals surface area contributed by atoms with E-state index in [1.807, 2.05) is 91.0 Å². The minimum atomic E-state index is 0. The van der Waals surface area contributed by atoms with E-state index in [1.54, 1.807) is 0 Å². The van der Waals surface area contributed by atoms with E-state index < -0.39 is 0 Å². The summed E-state index contributed by atoms with van der Waals surface area (Å²) in [7, 11) is 6.53. The van der Waals surface area contributed by atoms with Crippen molar-refractivity contribution in [1.29, 1.82) is 0 Å². The molecule has 0 fully saturated rings. The summed E-state index contributed by atoms with van der Waals surface area (Å²) in [5.41, 5.74) is 0. The molecule has 5 aromatic heterocycles. The van der Waals surface area contributed by atoms with Gasteiger partial charge in [0.1, 0.15) is 0 Å². The zero-order chi connectivity index (χ0) is 21.2. The molecule has 0 unspecified atom stereocenters. The van der Waals surface area contributed by atoms with E-state index in [4.69, 9.17) is 0 Å². The standard InChI is InChI=1S/5C5H5P.Fe/c5*1-2-4-6-5-3-1;/h5*1-5H;. The van der Waals surface area contributed by atoms with E-state index in [1.165, 1.54) is 41.0 Å². The third kappa shape index (κ3) is 24.9. The monoisotopic (exact) mass is 536 g/mol. The fraction of sp³-hybridized carbons (Fsp3) is 0. The largest absolute Gasteiger partial charge is 0.0765 e. The second kappa shape index (κ2) is 26.8. The maximum Gasteiger partial charge on any atom is 0 e. The van der Waals surface area contributed by atoms with Crippen molar-refractivity contribution in [1.82, 2.24) is 0 Å². The summed E-state index contributed by atoms with van der Waals surface area (Å²) in [5, 5.41) is 0. The van der Waals surface area contributed by atoms with Crippen molar-refractivity contribution in [2.24, 2.45) is 0 Å². The van der Waals surface area contributed by atoms with Crippen molar-refractivity contribution < 1.29 is 17.1 Å². The molecule has 0 aliphatic rings. The van der Waals surface area contributed by atoms with Crippen LogP contribution in [0.2, 0.25) is 0 Å². The van der Waals surface area contributed by atoms with Gasteiger partial charge in [0.15, 0.2) is 0 Å². The van der Waals surface area contributed by atoms with Crippen molar-refractivity contribution >= 4 is 41.0 Å². The van der Waals surface area contributed by atoms with Crippen LogP contribution < -0.4 is 0 Å². The van der Waals surface area contributed by atoms with Crippen LogP contribution in [0.1, 0.15) is 0 Å². The van der Waals surface area contributed by atoms with Gasteiger partial charge in [-0.15, -0.1) is 0 Å². The number of rotatable bonds is 0. The van der Waals surface area contributed by atoms with Crippen LogP contribution in [0.3, 0.4) is 0 Å². The second-order valence-corrected chi connectivity index (χ2v) is 9.59. The van der Waals surface area contributed by atoms with Gasteiger partial charge in [0.25, 0.3) is 0 Å². The molecule has 0 saturated heterocycles. The Hall–Kier alpha value is -1.23. The van der Waals surface area contributed by atoms with Crippen molar-refractivity contribution in [3.05, 3.63) is 149 Å². The molecule has 0 aliphatic carbocycles. The predicted molar refractivity (Wildman–Crippen MR) is 145 cm³/mol. The first-order chi connectivity index (χ1) is 15.0. The summed E-state index contributed by atoms with van der Waals surface area (Å²) in [4.78, 5) is 0. The molecule has 5 aromatic rings. The predicted octanol–water partition coefficient (Wildman–Crippen LogP) is 11.3. The molecular weight excluding hydrogens is 511 g/mol. The van der Waals surface area contributed by atoms with Crippen molar-refractivity contribution in [3.8, 4) is 0 Å². The first-order valence-corrected chi connectivity index (χ1v) is 14.4. The van der Waals surface area contributed by atoms with E-state index in [0.717, 1.165) is 0 Å². The first kappa shape index (κ1) is 29.8. The molecule has 0 amide bonds. The van der Waals surface area contributed by atoms with Gasteiger partial charge in [-0.05, 0) is 58.0 Å². The summed E-state index contributed by atoms with van der Waals surface area (Å²) < 4.78 is 0. The van der Waals surface area contributed by atoms with Gasteiger partial charge in [-0.2, -0.15) is 0 Å². The fourth-order valence-electron chi connectivity index (χ4n) is 1.56. The van der Waals surface area contributed by atoms with E-state index in [0.29, 0.717) is 0 Å². The van der Waals surface area contributed by atoms with Crippen LogP contribution in [-0.4, -0.2) is 0 Å². The number of hydrogen-bond acceptors (Lipinski definition) is 0. The van der Waals surface area contributed by atoms with Gasteiger partial charge in [-0.3, -0.25) is 0 Å². The maximum absolute atomic E-state index is 2.10. The summed E-state index contributed by atoms with van der Waals surface area (Å²) in [6, 6.07) is 30.6. The third-order valence-electron chi connectivity index (χ3n) is 2.83. The summed E-state index contributed by atoms with van der Waals surface area (Å²) in [6.07, 6.45) is 0. The molecular formula is C25H25FeP5. The van der Waals surface area contributed by atoms with Gasteiger partial charge in [-0.1, -0.05) is 132 Å². The van der Waals surface area contributed by atoms with Crippen molar-refractivity contribution in [3.63, 3.8) is 0 Å². The van der Waals surface area contributed by atoms with E-state index in [9.17, 15) is 0 Å². The van der Waals surface area contributed by atoms with Crippen LogP contribution in [-0.2, 0) is 17.1 Å². The van der Waals surface area contributed by atoms with Gasteiger partial charge in [0.05, 0.1) is 0 Å². The second-order valence-electron chi connectivity index (χ2n) is 5.12. The zero-order valence-corrected chi connectivity index (χ0v) is 22.6. The molecule has 0 radical (unpaired) electrons. The van der Waals surface area contributed by atoms with Gasteiger partial charge >= 0.3 is 0 Å². The van der Waals surface area contributed by atoms with E-state index in [-0.39, 0.29) is 17.1 Å². The van der Waals surface area contributed by atoms with Crippen molar-refractivity contribution in [2.45, 2.75) is 0 Å². The Morgan fingerprint density at radius 3 is 0.355 bits per heavy atom. The molecule has 5 rings (SSSR count). The van der Waals surface area contributed by atoms with Crippen LogP contribution in [0.4, 0.5) is 0 Å². The van der Waals surface area contributed by atoms with Crippen LogP contribution in [0.15, 0.2) is 149 Å². The fourth-order valence-corrected chi connectivity index (χ4v) is 4.05. The summed E-state index contributed by atoms with van der Waals surface area (Å²) >= 11 is 0. The number of hydrogen-bond donors (Lipinski definition) is 0. The van der Waals surface area contributed by atoms with Gasteiger partial charge in [-0.25, -0.2) is 0 Å². The van der Waals surface area contributed by atoms with Crippen LogP contribution in [0.25, 0.3) is 0 Å². The van der Waals surface area contributed by atoms with Gasteiger partial charge in [0.2, 0.25) is 0 Å². The smallest absolute Gasteiger partial charge is 0 e. The topological polar surface area (TPSA) is 0 Å². The first-order valence-electron chi connectivity index (χ1n) is 9.25. The molecule has 6 heteroatoms. The SMILES string of the molecule is [Fe].c1ccpcc1.c1ccpcc1.c1ccpcc1.c1ccpcc1.c1ccpcc1. The normalized spacial score (nSPS) is 7.74. The molecule has 0 spiro atoms. The Labute approximate surface area is 206 Å². The Bertz CT molecular complexity index is 569. The summed E-state index contributed by atoms with van der Waals surface area (Å²) in [6.45, 7) is 0. The molecule has 0 atom stereocenters. The quantitative estimate of drug-likeness (QED) is 0.173. The Morgan fingerprint density at radius 1 is 0.194 bits per heavy atom. The van der Waals surface area contributed by atoms with E-state index in [2.05, 4.69) is 58.0 Å². The third-order valence-corrected chi connectivity index (χ3v) is 6.28. The molecule has 31 heavy (non-hydrogen) atoms. The Kier molecular flexibility index (Phi) is 25.7. The summed E-state index contributed by atoms with van der Waals surface area (Å²) in [5.74, 6) is 21.0. The van der Waals surface area contributed by atoms with E-state index >= 15 is 0 Å². The van der Waals surface area contributed by atoms with Crippen LogP contribution >= 0.6 is 41.0 Å². The molecule has 0 nitrogen and oxygen atoms in total.